The molecule has 1 aromatic rings. The lowest BCUT2D eigenvalue weighted by atomic mass is 10.3. The molecule has 0 aliphatic heterocycles. The molecule has 0 radical (unpaired) electrons. The third-order valence-electron chi connectivity index (χ3n) is 2.39. The van der Waals surface area contributed by atoms with E-state index in [4.69, 9.17) is 0 Å². The van der Waals surface area contributed by atoms with Crippen LogP contribution in [-0.2, 0) is 14.3 Å². The first-order valence-corrected chi connectivity index (χ1v) is 6.90. The van der Waals surface area contributed by atoms with E-state index < -0.39 is 5.97 Å². The summed E-state index contributed by atoms with van der Waals surface area (Å²) >= 11 is 1.53. The van der Waals surface area contributed by atoms with Gasteiger partial charge in [0.2, 0.25) is 5.91 Å². The van der Waals surface area contributed by atoms with E-state index in [1.165, 1.54) is 29.4 Å². The average molecular weight is 282 g/mol. The molecule has 0 aromatic carbocycles. The standard InChI is InChI=1S/C13H18N2O3S/c1-4-7-15(8-13(17)18-3)12(16)6-5-11-9-19-10(2)14-11/h5-6,9H,4,7-8H2,1-3H3. The zero-order valence-electron chi connectivity index (χ0n) is 11.4. The first kappa shape index (κ1) is 15.4. The number of rotatable bonds is 6. The van der Waals surface area contributed by atoms with E-state index in [0.29, 0.717) is 6.54 Å². The highest BCUT2D eigenvalue weighted by Gasteiger charge is 2.14. The van der Waals surface area contributed by atoms with Gasteiger partial charge in [0.1, 0.15) is 6.54 Å². The van der Waals surface area contributed by atoms with Gasteiger partial charge in [-0.3, -0.25) is 9.59 Å². The number of nitrogens with zero attached hydrogens (tertiary/aromatic N) is 2. The molecule has 0 spiro atoms. The number of carbonyl (C=O) groups is 2. The fourth-order valence-electron chi connectivity index (χ4n) is 1.48. The molecule has 0 atom stereocenters. The summed E-state index contributed by atoms with van der Waals surface area (Å²) in [6.07, 6.45) is 3.88. The van der Waals surface area contributed by atoms with Gasteiger partial charge < -0.3 is 9.64 Å². The summed E-state index contributed by atoms with van der Waals surface area (Å²) < 4.78 is 4.58. The SMILES string of the molecule is CCCN(CC(=O)OC)C(=O)C=Cc1csc(C)n1. The van der Waals surface area contributed by atoms with Gasteiger partial charge >= 0.3 is 5.97 Å². The van der Waals surface area contributed by atoms with Crippen molar-refractivity contribution in [3.05, 3.63) is 22.2 Å². The van der Waals surface area contributed by atoms with E-state index in [2.05, 4.69) is 9.72 Å². The summed E-state index contributed by atoms with van der Waals surface area (Å²) in [5.41, 5.74) is 0.755. The third kappa shape index (κ3) is 5.21. The van der Waals surface area contributed by atoms with Crippen LogP contribution >= 0.6 is 11.3 Å². The topological polar surface area (TPSA) is 59.5 Å². The molecular formula is C13H18N2O3S. The minimum atomic E-state index is -0.417. The van der Waals surface area contributed by atoms with E-state index in [9.17, 15) is 9.59 Å². The number of hydrogen-bond donors (Lipinski definition) is 0. The van der Waals surface area contributed by atoms with E-state index >= 15 is 0 Å². The summed E-state index contributed by atoms with van der Waals surface area (Å²) in [5, 5.41) is 2.83. The molecule has 1 heterocycles. The number of aromatic nitrogens is 1. The maximum atomic E-state index is 12.0. The van der Waals surface area contributed by atoms with Gasteiger partial charge in [0.05, 0.1) is 17.8 Å². The summed E-state index contributed by atoms with van der Waals surface area (Å²) in [6, 6.07) is 0. The van der Waals surface area contributed by atoms with Crippen LogP contribution in [0.4, 0.5) is 0 Å². The molecule has 0 saturated carbocycles. The Balaban J connectivity index is 2.65. The quantitative estimate of drug-likeness (QED) is 0.590. The van der Waals surface area contributed by atoms with Crippen molar-refractivity contribution in [1.82, 2.24) is 9.88 Å². The number of thiazole rings is 1. The van der Waals surface area contributed by atoms with E-state index in [-0.39, 0.29) is 12.5 Å². The fourth-order valence-corrected chi connectivity index (χ4v) is 2.06. The lowest BCUT2D eigenvalue weighted by molar-refractivity contribution is -0.145. The van der Waals surface area contributed by atoms with Gasteiger partial charge in [-0.1, -0.05) is 6.92 Å². The average Bonchev–Trinajstić information content (AvgIpc) is 2.81. The maximum absolute atomic E-state index is 12.0. The van der Waals surface area contributed by atoms with Crippen molar-refractivity contribution in [1.29, 1.82) is 0 Å². The van der Waals surface area contributed by atoms with Crippen LogP contribution in [0.15, 0.2) is 11.5 Å². The number of esters is 1. The third-order valence-corrected chi connectivity index (χ3v) is 3.18. The molecule has 0 aliphatic carbocycles. The fraction of sp³-hybridized carbons (Fsp3) is 0.462. The second kappa shape index (κ2) is 7.68. The lowest BCUT2D eigenvalue weighted by Gasteiger charge is -2.18. The Morgan fingerprint density at radius 2 is 2.26 bits per heavy atom. The molecule has 1 aromatic heterocycles. The summed E-state index contributed by atoms with van der Waals surface area (Å²) in [7, 11) is 1.31. The molecule has 19 heavy (non-hydrogen) atoms. The molecule has 0 aliphatic rings. The highest BCUT2D eigenvalue weighted by Crippen LogP contribution is 2.09. The minimum Gasteiger partial charge on any atom is -0.468 e. The highest BCUT2D eigenvalue weighted by atomic mass is 32.1. The summed E-state index contributed by atoms with van der Waals surface area (Å²) in [6.45, 7) is 4.35. The second-order valence-corrected chi connectivity index (χ2v) is 5.02. The summed E-state index contributed by atoms with van der Waals surface area (Å²) in [4.78, 5) is 28.9. The Morgan fingerprint density at radius 3 is 2.79 bits per heavy atom. The lowest BCUT2D eigenvalue weighted by Crippen LogP contribution is -2.35. The van der Waals surface area contributed by atoms with Crippen LogP contribution in [0.1, 0.15) is 24.0 Å². The normalized spacial score (nSPS) is 10.7. The summed E-state index contributed by atoms with van der Waals surface area (Å²) in [5.74, 6) is -0.627. The Bertz CT molecular complexity index is 468. The van der Waals surface area contributed by atoms with Crippen molar-refractivity contribution in [2.45, 2.75) is 20.3 Å². The van der Waals surface area contributed by atoms with E-state index in [1.807, 2.05) is 19.2 Å². The smallest absolute Gasteiger partial charge is 0.325 e. The molecule has 104 valence electrons. The predicted molar refractivity (Wildman–Crippen MR) is 74.8 cm³/mol. The van der Waals surface area contributed by atoms with Crippen molar-refractivity contribution in [2.75, 3.05) is 20.2 Å². The van der Waals surface area contributed by atoms with Gasteiger partial charge in [0, 0.05) is 18.0 Å². The van der Waals surface area contributed by atoms with Gasteiger partial charge in [0.25, 0.3) is 0 Å². The molecule has 0 saturated heterocycles. The maximum Gasteiger partial charge on any atom is 0.325 e. The van der Waals surface area contributed by atoms with Crippen molar-refractivity contribution >= 4 is 29.3 Å². The molecule has 0 N–H and O–H groups in total. The van der Waals surface area contributed by atoms with Crippen molar-refractivity contribution in [3.8, 4) is 0 Å². The number of methoxy groups -OCH3 is 1. The van der Waals surface area contributed by atoms with Gasteiger partial charge in [0.15, 0.2) is 0 Å². The first-order chi connectivity index (χ1) is 9.06. The Labute approximate surface area is 116 Å². The zero-order valence-corrected chi connectivity index (χ0v) is 12.2. The molecule has 5 nitrogen and oxygen atoms in total. The number of carbonyl (C=O) groups excluding carboxylic acids is 2. The van der Waals surface area contributed by atoms with Crippen LogP contribution in [-0.4, -0.2) is 42.0 Å². The van der Waals surface area contributed by atoms with Crippen molar-refractivity contribution in [2.24, 2.45) is 0 Å². The Morgan fingerprint density at radius 1 is 1.53 bits per heavy atom. The zero-order chi connectivity index (χ0) is 14.3. The molecule has 0 fully saturated rings. The molecule has 0 bridgehead atoms. The predicted octanol–water partition coefficient (Wildman–Crippen LogP) is 1.88. The molecule has 1 rings (SSSR count). The monoisotopic (exact) mass is 282 g/mol. The van der Waals surface area contributed by atoms with Gasteiger partial charge in [-0.2, -0.15) is 0 Å². The van der Waals surface area contributed by atoms with Gasteiger partial charge in [-0.15, -0.1) is 11.3 Å². The number of ether oxygens (including phenoxy) is 1. The van der Waals surface area contributed by atoms with Crippen LogP contribution < -0.4 is 0 Å². The van der Waals surface area contributed by atoms with E-state index in [0.717, 1.165) is 17.1 Å². The van der Waals surface area contributed by atoms with Crippen LogP contribution in [0.3, 0.4) is 0 Å². The molecule has 6 heteroatoms. The number of aryl methyl sites for hydroxylation is 1. The number of amides is 1. The van der Waals surface area contributed by atoms with Crippen molar-refractivity contribution < 1.29 is 14.3 Å². The second-order valence-electron chi connectivity index (χ2n) is 3.96. The molecular weight excluding hydrogens is 264 g/mol. The van der Waals surface area contributed by atoms with Gasteiger partial charge in [-0.05, 0) is 19.4 Å². The van der Waals surface area contributed by atoms with Crippen molar-refractivity contribution in [3.63, 3.8) is 0 Å². The molecule has 1 amide bonds. The Kier molecular flexibility index (Phi) is 6.21. The minimum absolute atomic E-state index is 0.0242. The Hall–Kier alpha value is -1.69. The first-order valence-electron chi connectivity index (χ1n) is 6.02. The van der Waals surface area contributed by atoms with Crippen LogP contribution in [0.5, 0.6) is 0 Å². The van der Waals surface area contributed by atoms with Crippen LogP contribution in [0.25, 0.3) is 6.08 Å². The van der Waals surface area contributed by atoms with Crippen LogP contribution in [0, 0.1) is 6.92 Å². The largest absolute Gasteiger partial charge is 0.468 e. The number of hydrogen-bond acceptors (Lipinski definition) is 5. The van der Waals surface area contributed by atoms with Crippen LogP contribution in [0.2, 0.25) is 0 Å². The van der Waals surface area contributed by atoms with E-state index in [1.54, 1.807) is 6.08 Å². The molecule has 0 unspecified atom stereocenters. The highest BCUT2D eigenvalue weighted by molar-refractivity contribution is 7.09. The van der Waals surface area contributed by atoms with Gasteiger partial charge in [-0.25, -0.2) is 4.98 Å².